The van der Waals surface area contributed by atoms with Crippen molar-refractivity contribution in [3.63, 3.8) is 0 Å². The number of benzene rings is 1. The molecule has 2 aliphatic carbocycles. The van der Waals surface area contributed by atoms with Crippen molar-refractivity contribution in [2.75, 3.05) is 13.7 Å². The Balaban J connectivity index is 1.55. The number of hydrogen-bond donors (Lipinski definition) is 1. The van der Waals surface area contributed by atoms with Gasteiger partial charge >= 0.3 is 6.03 Å². The minimum absolute atomic E-state index is 0.164. The van der Waals surface area contributed by atoms with E-state index in [0.29, 0.717) is 18.6 Å². The normalized spacial score (nSPS) is 19.1. The molecule has 3 rings (SSSR count). The van der Waals surface area contributed by atoms with Crippen molar-refractivity contribution in [3.8, 4) is 5.75 Å². The monoisotopic (exact) mass is 358 g/mol. The third-order valence-electron chi connectivity index (χ3n) is 6.02. The van der Waals surface area contributed by atoms with Crippen LogP contribution in [0.5, 0.6) is 5.75 Å². The third kappa shape index (κ3) is 5.15. The number of amides is 2. The van der Waals surface area contributed by atoms with Crippen LogP contribution in [0.3, 0.4) is 0 Å². The van der Waals surface area contributed by atoms with E-state index in [1.54, 1.807) is 7.11 Å². The predicted molar refractivity (Wildman–Crippen MR) is 106 cm³/mol. The molecule has 4 nitrogen and oxygen atoms in total. The maximum absolute atomic E-state index is 13.0. The quantitative estimate of drug-likeness (QED) is 0.784. The molecule has 0 bridgehead atoms. The lowest BCUT2D eigenvalue weighted by atomic mass is 9.89. The predicted octanol–water partition coefficient (Wildman–Crippen LogP) is 4.91. The standard InChI is InChI=1S/C22H34N2O2/c1-26-21-14-12-18(13-15-21)16-17-23-22(25)24(19-8-4-2-5-9-19)20-10-6-3-7-11-20/h12-15,19-20H,2-11,16-17H2,1H3,(H,23,25). The number of ether oxygens (including phenoxy) is 1. The fourth-order valence-corrected chi connectivity index (χ4v) is 4.55. The fraction of sp³-hybridized carbons (Fsp3) is 0.682. The Morgan fingerprint density at radius 2 is 1.50 bits per heavy atom. The highest BCUT2D eigenvalue weighted by atomic mass is 16.5. The molecule has 1 aromatic carbocycles. The van der Waals surface area contributed by atoms with Crippen LogP contribution in [0.2, 0.25) is 0 Å². The van der Waals surface area contributed by atoms with Gasteiger partial charge in [0.05, 0.1) is 7.11 Å². The topological polar surface area (TPSA) is 41.6 Å². The maximum atomic E-state index is 13.0. The number of urea groups is 1. The molecule has 2 aliphatic rings. The summed E-state index contributed by atoms with van der Waals surface area (Å²) in [4.78, 5) is 15.3. The molecular formula is C22H34N2O2. The molecule has 2 saturated carbocycles. The molecule has 144 valence electrons. The zero-order valence-electron chi connectivity index (χ0n) is 16.2. The molecule has 0 atom stereocenters. The van der Waals surface area contributed by atoms with Crippen molar-refractivity contribution in [2.45, 2.75) is 82.7 Å². The van der Waals surface area contributed by atoms with Crippen LogP contribution in [0.4, 0.5) is 4.79 Å². The number of nitrogens with zero attached hydrogens (tertiary/aromatic N) is 1. The molecule has 0 aliphatic heterocycles. The van der Waals surface area contributed by atoms with Crippen molar-refractivity contribution >= 4 is 6.03 Å². The largest absolute Gasteiger partial charge is 0.497 e. The summed E-state index contributed by atoms with van der Waals surface area (Å²) in [7, 11) is 1.68. The van der Waals surface area contributed by atoms with E-state index in [2.05, 4.69) is 22.3 Å². The lowest BCUT2D eigenvalue weighted by molar-refractivity contribution is 0.105. The van der Waals surface area contributed by atoms with E-state index in [0.717, 1.165) is 12.2 Å². The number of rotatable bonds is 6. The van der Waals surface area contributed by atoms with Gasteiger partial charge in [0.1, 0.15) is 5.75 Å². The van der Waals surface area contributed by atoms with Crippen LogP contribution in [-0.2, 0) is 6.42 Å². The highest BCUT2D eigenvalue weighted by molar-refractivity contribution is 5.75. The van der Waals surface area contributed by atoms with Crippen LogP contribution in [0, 0.1) is 0 Å². The molecule has 0 heterocycles. The third-order valence-corrected chi connectivity index (χ3v) is 6.02. The molecule has 26 heavy (non-hydrogen) atoms. The van der Waals surface area contributed by atoms with E-state index in [-0.39, 0.29) is 6.03 Å². The number of carbonyl (C=O) groups excluding carboxylic acids is 1. The van der Waals surface area contributed by atoms with Gasteiger partial charge in [0, 0.05) is 18.6 Å². The second kappa shape index (κ2) is 9.84. The van der Waals surface area contributed by atoms with E-state index in [9.17, 15) is 4.79 Å². The zero-order chi connectivity index (χ0) is 18.2. The molecule has 2 fully saturated rings. The molecule has 0 spiro atoms. The Labute approximate surface area is 158 Å². The second-order valence-corrected chi connectivity index (χ2v) is 7.82. The summed E-state index contributed by atoms with van der Waals surface area (Å²) in [6.45, 7) is 0.696. The first-order chi connectivity index (χ1) is 12.8. The minimum Gasteiger partial charge on any atom is -0.497 e. The first-order valence-corrected chi connectivity index (χ1v) is 10.5. The van der Waals surface area contributed by atoms with Gasteiger partial charge in [-0.15, -0.1) is 0 Å². The van der Waals surface area contributed by atoms with Crippen LogP contribution < -0.4 is 10.1 Å². The lowest BCUT2D eigenvalue weighted by Crippen LogP contribution is -2.53. The van der Waals surface area contributed by atoms with E-state index in [4.69, 9.17) is 4.74 Å². The Morgan fingerprint density at radius 3 is 2.00 bits per heavy atom. The van der Waals surface area contributed by atoms with Crippen LogP contribution in [0.15, 0.2) is 24.3 Å². The number of methoxy groups -OCH3 is 1. The van der Waals surface area contributed by atoms with Gasteiger partial charge in [0.2, 0.25) is 0 Å². The van der Waals surface area contributed by atoms with Crippen molar-refractivity contribution in [2.24, 2.45) is 0 Å². The Hall–Kier alpha value is -1.71. The van der Waals surface area contributed by atoms with Gasteiger partial charge in [0.15, 0.2) is 0 Å². The summed E-state index contributed by atoms with van der Waals surface area (Å²) >= 11 is 0. The molecule has 0 aromatic heterocycles. The van der Waals surface area contributed by atoms with Crippen molar-refractivity contribution in [1.29, 1.82) is 0 Å². The summed E-state index contributed by atoms with van der Waals surface area (Å²) in [5.74, 6) is 0.874. The van der Waals surface area contributed by atoms with E-state index in [1.165, 1.54) is 69.8 Å². The Kier molecular flexibility index (Phi) is 7.22. The van der Waals surface area contributed by atoms with Crippen LogP contribution >= 0.6 is 0 Å². The van der Waals surface area contributed by atoms with Crippen molar-refractivity contribution in [3.05, 3.63) is 29.8 Å². The first-order valence-electron chi connectivity index (χ1n) is 10.5. The lowest BCUT2D eigenvalue weighted by Gasteiger charge is -2.41. The summed E-state index contributed by atoms with van der Waals surface area (Å²) < 4.78 is 5.20. The van der Waals surface area contributed by atoms with Gasteiger partial charge < -0.3 is 15.0 Å². The van der Waals surface area contributed by atoms with Crippen molar-refractivity contribution in [1.82, 2.24) is 10.2 Å². The average Bonchev–Trinajstić information content (AvgIpc) is 2.70. The Morgan fingerprint density at radius 1 is 0.962 bits per heavy atom. The van der Waals surface area contributed by atoms with Crippen LogP contribution in [0.1, 0.15) is 69.8 Å². The Bertz CT molecular complexity index is 528. The van der Waals surface area contributed by atoms with Gasteiger partial charge in [-0.1, -0.05) is 50.7 Å². The van der Waals surface area contributed by atoms with E-state index in [1.807, 2.05) is 12.1 Å². The first kappa shape index (κ1) is 19.1. The van der Waals surface area contributed by atoms with Gasteiger partial charge in [-0.25, -0.2) is 4.79 Å². The number of carbonyl (C=O) groups is 1. The summed E-state index contributed by atoms with van der Waals surface area (Å²) in [6.07, 6.45) is 13.3. The minimum atomic E-state index is 0.164. The molecule has 1 N–H and O–H groups in total. The fourth-order valence-electron chi connectivity index (χ4n) is 4.55. The van der Waals surface area contributed by atoms with Crippen LogP contribution in [-0.4, -0.2) is 36.7 Å². The summed E-state index contributed by atoms with van der Waals surface area (Å²) in [5, 5.41) is 3.21. The summed E-state index contributed by atoms with van der Waals surface area (Å²) in [6, 6.07) is 9.18. The SMILES string of the molecule is COc1ccc(CCNC(=O)N(C2CCCCC2)C2CCCCC2)cc1. The molecular weight excluding hydrogens is 324 g/mol. The molecule has 2 amide bonds. The summed E-state index contributed by atoms with van der Waals surface area (Å²) in [5.41, 5.74) is 1.23. The van der Waals surface area contributed by atoms with E-state index >= 15 is 0 Å². The number of hydrogen-bond acceptors (Lipinski definition) is 2. The average molecular weight is 359 g/mol. The van der Waals surface area contributed by atoms with E-state index < -0.39 is 0 Å². The second-order valence-electron chi connectivity index (χ2n) is 7.82. The molecule has 0 unspecified atom stereocenters. The molecule has 1 aromatic rings. The van der Waals surface area contributed by atoms with Gasteiger partial charge in [-0.2, -0.15) is 0 Å². The van der Waals surface area contributed by atoms with Gasteiger partial charge in [-0.05, 0) is 49.8 Å². The van der Waals surface area contributed by atoms with Gasteiger partial charge in [0.25, 0.3) is 0 Å². The van der Waals surface area contributed by atoms with Crippen LogP contribution in [0.25, 0.3) is 0 Å². The molecule has 0 saturated heterocycles. The highest BCUT2D eigenvalue weighted by Crippen LogP contribution is 2.30. The molecule has 4 heteroatoms. The highest BCUT2D eigenvalue weighted by Gasteiger charge is 2.32. The van der Waals surface area contributed by atoms with Gasteiger partial charge in [-0.3, -0.25) is 0 Å². The zero-order valence-corrected chi connectivity index (χ0v) is 16.2. The number of nitrogens with one attached hydrogen (secondary N) is 1. The molecule has 0 radical (unpaired) electrons. The smallest absolute Gasteiger partial charge is 0.317 e. The maximum Gasteiger partial charge on any atom is 0.317 e. The van der Waals surface area contributed by atoms with Crippen molar-refractivity contribution < 1.29 is 9.53 Å².